The number of pyridine rings is 1. The third kappa shape index (κ3) is 2.78. The second-order valence-electron chi connectivity index (χ2n) is 3.87. The highest BCUT2D eigenvalue weighted by Crippen LogP contribution is 2.37. The number of hydrogen-bond acceptors (Lipinski definition) is 2. The Balaban J connectivity index is 2.67. The van der Waals surface area contributed by atoms with Gasteiger partial charge in [0.25, 0.3) is 0 Å². The molecule has 0 N–H and O–H groups in total. The number of aldehydes is 1. The molecule has 0 aliphatic heterocycles. The molecule has 7 heteroatoms. The lowest BCUT2D eigenvalue weighted by molar-refractivity contribution is -0.137. The van der Waals surface area contributed by atoms with Crippen molar-refractivity contribution in [1.82, 2.24) is 4.98 Å². The number of halogens is 5. The molecule has 20 heavy (non-hydrogen) atoms. The second kappa shape index (κ2) is 5.42. The van der Waals surface area contributed by atoms with Gasteiger partial charge in [0.15, 0.2) is 6.29 Å². The molecule has 0 aliphatic rings. The van der Waals surface area contributed by atoms with Crippen molar-refractivity contribution in [2.24, 2.45) is 0 Å². The molecular formula is C13H6Cl2F3NO. The molecule has 1 aromatic heterocycles. The Hall–Kier alpha value is -1.59. The Morgan fingerprint density at radius 3 is 2.25 bits per heavy atom. The lowest BCUT2D eigenvalue weighted by atomic mass is 10.0. The van der Waals surface area contributed by atoms with Gasteiger partial charge in [0.2, 0.25) is 0 Å². The first kappa shape index (κ1) is 14.8. The van der Waals surface area contributed by atoms with E-state index in [-0.39, 0.29) is 33.2 Å². The van der Waals surface area contributed by atoms with E-state index in [4.69, 9.17) is 23.2 Å². The molecule has 0 bridgehead atoms. The van der Waals surface area contributed by atoms with Crippen molar-refractivity contribution in [3.63, 3.8) is 0 Å². The van der Waals surface area contributed by atoms with Crippen LogP contribution in [0.2, 0.25) is 10.0 Å². The summed E-state index contributed by atoms with van der Waals surface area (Å²) in [6.07, 6.45) is -3.65. The van der Waals surface area contributed by atoms with E-state index in [0.29, 0.717) is 6.20 Å². The molecule has 0 saturated heterocycles. The van der Waals surface area contributed by atoms with E-state index in [9.17, 15) is 18.0 Å². The van der Waals surface area contributed by atoms with Crippen LogP contribution in [0.15, 0.2) is 30.5 Å². The van der Waals surface area contributed by atoms with Crippen LogP contribution >= 0.6 is 23.2 Å². The number of carbonyl (C=O) groups excluding carboxylic acids is 1. The van der Waals surface area contributed by atoms with E-state index >= 15 is 0 Å². The zero-order valence-electron chi connectivity index (χ0n) is 9.71. The highest BCUT2D eigenvalue weighted by atomic mass is 35.5. The Bertz CT molecular complexity index is 651. The summed E-state index contributed by atoms with van der Waals surface area (Å²) >= 11 is 11.9. The second-order valence-corrected chi connectivity index (χ2v) is 4.69. The molecule has 0 unspecified atom stereocenters. The minimum Gasteiger partial charge on any atom is -0.298 e. The van der Waals surface area contributed by atoms with Crippen molar-refractivity contribution >= 4 is 29.5 Å². The minimum atomic E-state index is -4.58. The van der Waals surface area contributed by atoms with Gasteiger partial charge in [-0.1, -0.05) is 29.3 Å². The first-order valence-electron chi connectivity index (χ1n) is 5.31. The van der Waals surface area contributed by atoms with Gasteiger partial charge in [-0.15, -0.1) is 0 Å². The molecule has 2 rings (SSSR count). The highest BCUT2D eigenvalue weighted by molar-refractivity contribution is 6.39. The molecule has 0 atom stereocenters. The number of rotatable bonds is 2. The summed E-state index contributed by atoms with van der Waals surface area (Å²) in [5.74, 6) is 0. The summed E-state index contributed by atoms with van der Waals surface area (Å²) in [4.78, 5) is 14.7. The molecule has 0 radical (unpaired) electrons. The Labute approximate surface area is 122 Å². The zero-order chi connectivity index (χ0) is 14.9. The number of carbonyl (C=O) groups is 1. The molecule has 0 fully saturated rings. The first-order chi connectivity index (χ1) is 9.34. The van der Waals surface area contributed by atoms with Gasteiger partial charge < -0.3 is 0 Å². The summed E-state index contributed by atoms with van der Waals surface area (Å²) in [7, 11) is 0. The Morgan fingerprint density at radius 2 is 1.75 bits per heavy atom. The van der Waals surface area contributed by atoms with Crippen LogP contribution in [0.3, 0.4) is 0 Å². The topological polar surface area (TPSA) is 30.0 Å². The lowest BCUT2D eigenvalue weighted by Gasteiger charge is -2.11. The van der Waals surface area contributed by atoms with Crippen molar-refractivity contribution in [3.05, 3.63) is 51.6 Å². The van der Waals surface area contributed by atoms with Crippen LogP contribution in [-0.4, -0.2) is 11.3 Å². The average molecular weight is 320 g/mol. The van der Waals surface area contributed by atoms with Crippen LogP contribution in [0, 0.1) is 0 Å². The van der Waals surface area contributed by atoms with Crippen molar-refractivity contribution in [2.45, 2.75) is 6.18 Å². The van der Waals surface area contributed by atoms with Gasteiger partial charge in [0.1, 0.15) is 0 Å². The maximum atomic E-state index is 12.6. The molecule has 2 aromatic rings. The number of hydrogen-bond donors (Lipinski definition) is 0. The van der Waals surface area contributed by atoms with Gasteiger partial charge in [-0.2, -0.15) is 13.2 Å². The predicted molar refractivity (Wildman–Crippen MR) is 70.1 cm³/mol. The van der Waals surface area contributed by atoms with E-state index in [1.165, 1.54) is 12.1 Å². The van der Waals surface area contributed by atoms with Crippen molar-refractivity contribution in [1.29, 1.82) is 0 Å². The van der Waals surface area contributed by atoms with Crippen molar-refractivity contribution in [2.75, 3.05) is 0 Å². The van der Waals surface area contributed by atoms with E-state index in [0.717, 1.165) is 6.07 Å². The molecule has 1 heterocycles. The Kier molecular flexibility index (Phi) is 4.01. The van der Waals surface area contributed by atoms with Crippen LogP contribution in [-0.2, 0) is 6.18 Å². The summed E-state index contributed by atoms with van der Waals surface area (Å²) in [6.45, 7) is 0. The number of aromatic nitrogens is 1. The standard InChI is InChI=1S/C13H6Cl2F3NO/c14-9-2-1-3-10(15)11(9)12-7(6-20)4-8(5-19-12)13(16,17)18/h1-6H. The third-order valence-electron chi connectivity index (χ3n) is 2.57. The van der Waals surface area contributed by atoms with Crippen molar-refractivity contribution < 1.29 is 18.0 Å². The number of nitrogens with zero attached hydrogens (tertiary/aromatic N) is 1. The van der Waals surface area contributed by atoms with Crippen LogP contribution < -0.4 is 0 Å². The van der Waals surface area contributed by atoms with E-state index in [1.54, 1.807) is 6.07 Å². The number of benzene rings is 1. The maximum absolute atomic E-state index is 12.6. The lowest BCUT2D eigenvalue weighted by Crippen LogP contribution is -2.07. The molecule has 0 aliphatic carbocycles. The van der Waals surface area contributed by atoms with Gasteiger partial charge in [0, 0.05) is 17.3 Å². The molecule has 1 aromatic carbocycles. The van der Waals surface area contributed by atoms with Gasteiger partial charge in [-0.25, -0.2) is 0 Å². The van der Waals surface area contributed by atoms with Crippen LogP contribution in [0.25, 0.3) is 11.3 Å². The molecule has 2 nitrogen and oxygen atoms in total. The third-order valence-corrected chi connectivity index (χ3v) is 3.20. The molecular weight excluding hydrogens is 314 g/mol. The van der Waals surface area contributed by atoms with E-state index < -0.39 is 11.7 Å². The van der Waals surface area contributed by atoms with Gasteiger partial charge in [-0.05, 0) is 18.2 Å². The van der Waals surface area contributed by atoms with Crippen LogP contribution in [0.5, 0.6) is 0 Å². The SMILES string of the molecule is O=Cc1cc(C(F)(F)F)cnc1-c1c(Cl)cccc1Cl. The Morgan fingerprint density at radius 1 is 1.15 bits per heavy atom. The molecule has 0 saturated carbocycles. The normalized spacial score (nSPS) is 11.4. The van der Waals surface area contributed by atoms with E-state index in [1.807, 2.05) is 0 Å². The predicted octanol–water partition coefficient (Wildman–Crippen LogP) is 4.89. The summed E-state index contributed by atoms with van der Waals surface area (Å²) in [5, 5.41) is 0.403. The molecule has 0 spiro atoms. The van der Waals surface area contributed by atoms with E-state index in [2.05, 4.69) is 4.98 Å². The first-order valence-corrected chi connectivity index (χ1v) is 6.07. The smallest absolute Gasteiger partial charge is 0.298 e. The summed E-state index contributed by atoms with van der Waals surface area (Å²) < 4.78 is 37.8. The fraction of sp³-hybridized carbons (Fsp3) is 0.0769. The quantitative estimate of drug-likeness (QED) is 0.738. The van der Waals surface area contributed by atoms with Gasteiger partial charge in [0.05, 0.1) is 21.3 Å². The summed E-state index contributed by atoms with van der Waals surface area (Å²) in [6, 6.07) is 5.32. The zero-order valence-corrected chi connectivity index (χ0v) is 11.2. The molecule has 0 amide bonds. The highest BCUT2D eigenvalue weighted by Gasteiger charge is 2.32. The van der Waals surface area contributed by atoms with Gasteiger partial charge >= 0.3 is 6.18 Å². The monoisotopic (exact) mass is 319 g/mol. The fourth-order valence-corrected chi connectivity index (χ4v) is 2.24. The number of alkyl halides is 3. The fourth-order valence-electron chi connectivity index (χ4n) is 1.66. The maximum Gasteiger partial charge on any atom is 0.417 e. The largest absolute Gasteiger partial charge is 0.417 e. The average Bonchev–Trinajstić information content (AvgIpc) is 2.37. The molecule has 104 valence electrons. The van der Waals surface area contributed by atoms with Gasteiger partial charge in [-0.3, -0.25) is 9.78 Å². The summed E-state index contributed by atoms with van der Waals surface area (Å²) in [5.41, 5.74) is -0.989. The minimum absolute atomic E-state index is 0.0172. The van der Waals surface area contributed by atoms with Crippen LogP contribution in [0.4, 0.5) is 13.2 Å². The van der Waals surface area contributed by atoms with Crippen molar-refractivity contribution in [3.8, 4) is 11.3 Å². The van der Waals surface area contributed by atoms with Crippen LogP contribution in [0.1, 0.15) is 15.9 Å².